The van der Waals surface area contributed by atoms with Gasteiger partial charge in [-0.15, -0.1) is 11.3 Å². The van der Waals surface area contributed by atoms with Gasteiger partial charge in [0.25, 0.3) is 5.91 Å². The standard InChI is InChI=1S/C14H22N4OS/c15-17-14(19)13-12(10-5-6-10)16-11(20-13)9-18-7-3-1-2-4-8-18/h10H,1-9,15H2,(H,17,19). The van der Waals surface area contributed by atoms with E-state index in [0.29, 0.717) is 5.92 Å². The Labute approximate surface area is 123 Å². The SMILES string of the molecule is NNC(=O)c1sc(CN2CCCCCC2)nc1C1CC1. The van der Waals surface area contributed by atoms with Gasteiger partial charge in [0, 0.05) is 5.92 Å². The molecule has 1 amide bonds. The van der Waals surface area contributed by atoms with Crippen molar-refractivity contribution < 1.29 is 4.79 Å². The Kier molecular flexibility index (Phi) is 4.33. The molecule has 1 aromatic rings. The van der Waals surface area contributed by atoms with Crippen LogP contribution >= 0.6 is 11.3 Å². The fourth-order valence-corrected chi connectivity index (χ4v) is 3.89. The third-order valence-corrected chi connectivity index (χ3v) is 5.11. The molecule has 1 aliphatic carbocycles. The van der Waals surface area contributed by atoms with Crippen molar-refractivity contribution in [3.8, 4) is 0 Å². The first-order valence-electron chi connectivity index (χ1n) is 7.51. The molecule has 1 saturated heterocycles. The number of nitrogens with zero attached hydrogens (tertiary/aromatic N) is 2. The molecule has 0 atom stereocenters. The number of carbonyl (C=O) groups is 1. The van der Waals surface area contributed by atoms with Crippen molar-refractivity contribution in [3.63, 3.8) is 0 Å². The lowest BCUT2D eigenvalue weighted by Gasteiger charge is -2.17. The van der Waals surface area contributed by atoms with E-state index in [-0.39, 0.29) is 5.91 Å². The third-order valence-electron chi connectivity index (χ3n) is 4.06. The highest BCUT2D eigenvalue weighted by Crippen LogP contribution is 2.42. The minimum Gasteiger partial charge on any atom is -0.297 e. The van der Waals surface area contributed by atoms with E-state index < -0.39 is 0 Å². The summed E-state index contributed by atoms with van der Waals surface area (Å²) in [7, 11) is 0. The lowest BCUT2D eigenvalue weighted by molar-refractivity contribution is 0.0956. The van der Waals surface area contributed by atoms with Crippen LogP contribution in [0.25, 0.3) is 0 Å². The van der Waals surface area contributed by atoms with Crippen molar-refractivity contribution in [3.05, 3.63) is 15.6 Å². The molecule has 2 fully saturated rings. The highest BCUT2D eigenvalue weighted by atomic mass is 32.1. The second kappa shape index (κ2) is 6.20. The van der Waals surface area contributed by atoms with Gasteiger partial charge in [0.15, 0.2) is 0 Å². The maximum absolute atomic E-state index is 11.8. The van der Waals surface area contributed by atoms with Crippen LogP contribution in [-0.2, 0) is 6.54 Å². The molecule has 0 bridgehead atoms. The number of likely N-dealkylation sites (tertiary alicyclic amines) is 1. The van der Waals surface area contributed by atoms with Crippen molar-refractivity contribution in [1.82, 2.24) is 15.3 Å². The van der Waals surface area contributed by atoms with Crippen LogP contribution in [0.2, 0.25) is 0 Å². The topological polar surface area (TPSA) is 71.2 Å². The number of thiazole rings is 1. The molecule has 0 aromatic carbocycles. The minimum atomic E-state index is -0.188. The van der Waals surface area contributed by atoms with Crippen LogP contribution in [0.15, 0.2) is 0 Å². The van der Waals surface area contributed by atoms with E-state index in [4.69, 9.17) is 10.8 Å². The summed E-state index contributed by atoms with van der Waals surface area (Å²) in [5.41, 5.74) is 3.22. The molecule has 2 aliphatic rings. The molecular formula is C14H22N4OS. The number of rotatable bonds is 4. The minimum absolute atomic E-state index is 0.188. The van der Waals surface area contributed by atoms with Crippen LogP contribution in [0.4, 0.5) is 0 Å². The van der Waals surface area contributed by atoms with Gasteiger partial charge in [-0.25, -0.2) is 10.8 Å². The lowest BCUT2D eigenvalue weighted by Crippen LogP contribution is -2.30. The predicted molar refractivity (Wildman–Crippen MR) is 79.5 cm³/mol. The van der Waals surface area contributed by atoms with Crippen LogP contribution < -0.4 is 11.3 Å². The van der Waals surface area contributed by atoms with Crippen molar-refractivity contribution in [2.24, 2.45) is 5.84 Å². The highest BCUT2D eigenvalue weighted by molar-refractivity contribution is 7.13. The van der Waals surface area contributed by atoms with E-state index in [1.807, 2.05) is 0 Å². The monoisotopic (exact) mass is 294 g/mol. The largest absolute Gasteiger partial charge is 0.297 e. The smallest absolute Gasteiger partial charge is 0.277 e. The molecule has 1 saturated carbocycles. The molecule has 5 nitrogen and oxygen atoms in total. The van der Waals surface area contributed by atoms with Gasteiger partial charge in [0.1, 0.15) is 9.88 Å². The predicted octanol–water partition coefficient (Wildman–Crippen LogP) is 2.00. The Morgan fingerprint density at radius 1 is 1.30 bits per heavy atom. The highest BCUT2D eigenvalue weighted by Gasteiger charge is 2.32. The first-order valence-corrected chi connectivity index (χ1v) is 8.32. The van der Waals surface area contributed by atoms with Crippen molar-refractivity contribution in [2.45, 2.75) is 51.0 Å². The molecule has 3 rings (SSSR count). The van der Waals surface area contributed by atoms with E-state index in [1.54, 1.807) is 0 Å². The van der Waals surface area contributed by atoms with Gasteiger partial charge in [-0.2, -0.15) is 0 Å². The van der Waals surface area contributed by atoms with E-state index in [1.165, 1.54) is 37.0 Å². The Bertz CT molecular complexity index is 476. The summed E-state index contributed by atoms with van der Waals surface area (Å²) in [6.07, 6.45) is 7.52. The average Bonchev–Trinajstić information content (AvgIpc) is 3.25. The van der Waals surface area contributed by atoms with Gasteiger partial charge in [-0.05, 0) is 38.8 Å². The summed E-state index contributed by atoms with van der Waals surface area (Å²) in [4.78, 5) is 19.8. The second-order valence-corrected chi connectivity index (χ2v) is 6.84. The number of nitrogen functional groups attached to an aromatic ring is 1. The summed E-state index contributed by atoms with van der Waals surface area (Å²) >= 11 is 1.52. The van der Waals surface area contributed by atoms with Crippen LogP contribution in [0.5, 0.6) is 0 Å². The van der Waals surface area contributed by atoms with Crippen LogP contribution in [0.1, 0.15) is 64.8 Å². The normalized spacial score (nSPS) is 20.6. The first kappa shape index (κ1) is 14.0. The van der Waals surface area contributed by atoms with Crippen molar-refractivity contribution in [1.29, 1.82) is 0 Å². The molecule has 0 unspecified atom stereocenters. The molecule has 6 heteroatoms. The Morgan fingerprint density at radius 3 is 2.60 bits per heavy atom. The number of hydrazine groups is 1. The van der Waals surface area contributed by atoms with E-state index in [0.717, 1.165) is 48.1 Å². The summed E-state index contributed by atoms with van der Waals surface area (Å²) < 4.78 is 0. The number of hydrogen-bond acceptors (Lipinski definition) is 5. The fraction of sp³-hybridized carbons (Fsp3) is 0.714. The van der Waals surface area contributed by atoms with Gasteiger partial charge < -0.3 is 0 Å². The Balaban J connectivity index is 1.74. The van der Waals surface area contributed by atoms with E-state index in [9.17, 15) is 4.79 Å². The quantitative estimate of drug-likeness (QED) is 0.506. The number of nitrogens with two attached hydrogens (primary N) is 1. The summed E-state index contributed by atoms with van der Waals surface area (Å²) in [6.45, 7) is 3.18. The lowest BCUT2D eigenvalue weighted by atomic mass is 10.2. The summed E-state index contributed by atoms with van der Waals surface area (Å²) in [5, 5.41) is 1.06. The van der Waals surface area contributed by atoms with Gasteiger partial charge in [0.2, 0.25) is 0 Å². The molecule has 0 spiro atoms. The molecule has 110 valence electrons. The van der Waals surface area contributed by atoms with E-state index >= 15 is 0 Å². The second-order valence-electron chi connectivity index (χ2n) is 5.76. The molecule has 1 aromatic heterocycles. The van der Waals surface area contributed by atoms with Crippen molar-refractivity contribution >= 4 is 17.2 Å². The number of amides is 1. The zero-order valence-corrected chi connectivity index (χ0v) is 12.5. The van der Waals surface area contributed by atoms with Crippen LogP contribution in [-0.4, -0.2) is 28.9 Å². The average molecular weight is 294 g/mol. The first-order chi connectivity index (χ1) is 9.78. The number of aromatic nitrogens is 1. The maximum atomic E-state index is 11.8. The Hall–Kier alpha value is -0.980. The zero-order chi connectivity index (χ0) is 13.9. The van der Waals surface area contributed by atoms with E-state index in [2.05, 4.69) is 10.3 Å². The maximum Gasteiger partial charge on any atom is 0.277 e. The van der Waals surface area contributed by atoms with Crippen LogP contribution in [0.3, 0.4) is 0 Å². The molecule has 20 heavy (non-hydrogen) atoms. The Morgan fingerprint density at radius 2 is 2.00 bits per heavy atom. The third kappa shape index (κ3) is 3.19. The number of carbonyl (C=O) groups excluding carboxylic acids is 1. The number of nitrogens with one attached hydrogen (secondary N) is 1. The van der Waals surface area contributed by atoms with Gasteiger partial charge in [-0.1, -0.05) is 12.8 Å². The van der Waals surface area contributed by atoms with Crippen molar-refractivity contribution in [2.75, 3.05) is 13.1 Å². The number of hydrogen-bond donors (Lipinski definition) is 2. The zero-order valence-electron chi connectivity index (χ0n) is 11.7. The summed E-state index contributed by atoms with van der Waals surface area (Å²) in [5.74, 6) is 5.57. The van der Waals surface area contributed by atoms with Gasteiger partial charge in [0.05, 0.1) is 12.2 Å². The fourth-order valence-electron chi connectivity index (χ4n) is 2.79. The molecule has 2 heterocycles. The molecule has 1 aliphatic heterocycles. The van der Waals surface area contributed by atoms with Crippen LogP contribution in [0, 0.1) is 0 Å². The molecule has 3 N–H and O–H groups in total. The molecular weight excluding hydrogens is 272 g/mol. The molecule has 0 radical (unpaired) electrons. The van der Waals surface area contributed by atoms with Gasteiger partial charge in [-0.3, -0.25) is 15.1 Å². The van der Waals surface area contributed by atoms with Gasteiger partial charge >= 0.3 is 0 Å². The summed E-state index contributed by atoms with van der Waals surface area (Å²) in [6, 6.07) is 0.